The molecule has 39 heavy (non-hydrogen) atoms. The van der Waals surface area contributed by atoms with Gasteiger partial charge in [0.15, 0.2) is 0 Å². The van der Waals surface area contributed by atoms with Crippen molar-refractivity contribution in [2.45, 2.75) is 123 Å². The normalized spacial score (nSPS) is 39.1. The van der Waals surface area contributed by atoms with E-state index in [-0.39, 0.29) is 11.7 Å². The highest BCUT2D eigenvalue weighted by Gasteiger charge is 2.60. The van der Waals surface area contributed by atoms with Gasteiger partial charge in [-0.05, 0) is 136 Å². The fraction of sp³-hybridized carbons (Fsp3) is 0.935. The number of unbranched alkanes of at least 4 members (excludes halogenated alkanes) is 1. The summed E-state index contributed by atoms with van der Waals surface area (Å²) >= 11 is 0. The minimum atomic E-state index is -1.16. The van der Waals surface area contributed by atoms with E-state index in [9.17, 15) is 19.6 Å². The number of aliphatic carboxylic acids is 1. The van der Waals surface area contributed by atoms with Crippen LogP contribution in [0.2, 0.25) is 5.82 Å². The Labute approximate surface area is 236 Å². The van der Waals surface area contributed by atoms with Crippen molar-refractivity contribution in [3.05, 3.63) is 0 Å². The monoisotopic (exact) mass is 546 g/mol. The highest BCUT2D eigenvalue weighted by Crippen LogP contribution is 2.69. The van der Waals surface area contributed by atoms with Crippen molar-refractivity contribution >= 4 is 19.0 Å². The lowest BCUT2D eigenvalue weighted by Gasteiger charge is -2.61. The van der Waals surface area contributed by atoms with Gasteiger partial charge < -0.3 is 25.8 Å². The van der Waals surface area contributed by atoms with Gasteiger partial charge in [-0.3, -0.25) is 9.59 Å². The van der Waals surface area contributed by atoms with Crippen LogP contribution in [0.3, 0.4) is 0 Å². The summed E-state index contributed by atoms with van der Waals surface area (Å²) in [6.07, 6.45) is 14.6. The molecule has 6 unspecified atom stereocenters. The molecule has 10 atom stereocenters. The van der Waals surface area contributed by atoms with Gasteiger partial charge in [0, 0.05) is 13.0 Å². The molecule has 8 heteroatoms. The van der Waals surface area contributed by atoms with Crippen LogP contribution in [0.25, 0.3) is 0 Å². The van der Waals surface area contributed by atoms with Gasteiger partial charge in [-0.15, -0.1) is 0 Å². The third-order valence-corrected chi connectivity index (χ3v) is 12.6. The second-order valence-corrected chi connectivity index (χ2v) is 14.4. The van der Waals surface area contributed by atoms with E-state index in [1.165, 1.54) is 38.5 Å². The maximum Gasteiger partial charge on any atom is 0.454 e. The van der Waals surface area contributed by atoms with Crippen LogP contribution in [0, 0.1) is 46.3 Å². The zero-order chi connectivity index (χ0) is 28.4. The SMILES string of the molecule is CNC(CCCCNC(=O)CCC(C)C1CCC2C3CC[C@H]4C[C@@H](B(O)O)CC[C@@]4(C)C3CC[C@@]12C)C(=O)O. The number of rotatable bonds is 12. The largest absolute Gasteiger partial charge is 0.480 e. The molecule has 0 spiro atoms. The number of carbonyl (C=O) groups excluding carboxylic acids is 1. The smallest absolute Gasteiger partial charge is 0.454 e. The number of carbonyl (C=O) groups is 2. The summed E-state index contributed by atoms with van der Waals surface area (Å²) in [4.78, 5) is 23.7. The number of hydrogen-bond acceptors (Lipinski definition) is 5. The van der Waals surface area contributed by atoms with Crippen LogP contribution in [-0.4, -0.2) is 53.8 Å². The quantitative estimate of drug-likeness (QED) is 0.176. The molecule has 0 bridgehead atoms. The van der Waals surface area contributed by atoms with Crippen LogP contribution < -0.4 is 10.6 Å². The Balaban J connectivity index is 1.25. The first-order chi connectivity index (χ1) is 18.5. The van der Waals surface area contributed by atoms with Crippen molar-refractivity contribution in [3.8, 4) is 0 Å². The molecular formula is C31H55BN2O5. The summed E-state index contributed by atoms with van der Waals surface area (Å²) in [5.74, 6) is 3.63. The zero-order valence-electron chi connectivity index (χ0n) is 25.0. The van der Waals surface area contributed by atoms with Gasteiger partial charge in [0.05, 0.1) is 0 Å². The highest BCUT2D eigenvalue weighted by atomic mass is 16.4. The summed E-state index contributed by atoms with van der Waals surface area (Å²) in [7, 11) is 0.513. The Hall–Kier alpha value is -1.12. The molecule has 0 aromatic rings. The molecule has 4 saturated carbocycles. The van der Waals surface area contributed by atoms with E-state index in [0.29, 0.717) is 48.0 Å². The number of nitrogens with one attached hydrogen (secondary N) is 2. The van der Waals surface area contributed by atoms with Gasteiger partial charge >= 0.3 is 13.1 Å². The zero-order valence-corrected chi connectivity index (χ0v) is 25.0. The molecule has 0 aliphatic heterocycles. The number of likely N-dealkylation sites (N-methyl/N-ethyl adjacent to an activating group) is 1. The molecule has 0 aromatic heterocycles. The van der Waals surface area contributed by atoms with E-state index in [1.807, 2.05) is 0 Å². The lowest BCUT2D eigenvalue weighted by atomic mass is 9.42. The molecule has 1 amide bonds. The molecule has 4 aliphatic carbocycles. The minimum absolute atomic E-state index is 0.0602. The third kappa shape index (κ3) is 6.38. The van der Waals surface area contributed by atoms with E-state index in [4.69, 9.17) is 5.11 Å². The number of carboxylic acid groups (broad SMARTS) is 1. The van der Waals surface area contributed by atoms with Crippen LogP contribution in [0.15, 0.2) is 0 Å². The molecule has 0 saturated heterocycles. The first-order valence-corrected chi connectivity index (χ1v) is 16.0. The fourth-order valence-electron chi connectivity index (χ4n) is 10.3. The van der Waals surface area contributed by atoms with Gasteiger partial charge in [0.1, 0.15) is 6.04 Å². The fourth-order valence-corrected chi connectivity index (χ4v) is 10.3. The average molecular weight is 547 g/mol. The van der Waals surface area contributed by atoms with Gasteiger partial charge in [0.2, 0.25) is 5.91 Å². The lowest BCUT2D eigenvalue weighted by Crippen LogP contribution is -2.54. The lowest BCUT2D eigenvalue weighted by molar-refractivity contribution is -0.139. The Morgan fingerprint density at radius 3 is 2.36 bits per heavy atom. The average Bonchev–Trinajstić information content (AvgIpc) is 3.25. The highest BCUT2D eigenvalue weighted by molar-refractivity contribution is 6.43. The van der Waals surface area contributed by atoms with E-state index in [1.54, 1.807) is 7.05 Å². The maximum absolute atomic E-state index is 12.6. The first-order valence-electron chi connectivity index (χ1n) is 16.0. The maximum atomic E-state index is 12.6. The summed E-state index contributed by atoms with van der Waals surface area (Å²) in [5, 5.41) is 34.6. The number of amides is 1. The molecule has 4 aliphatic rings. The molecule has 7 nitrogen and oxygen atoms in total. The molecule has 0 aromatic carbocycles. The first kappa shape index (κ1) is 30.8. The van der Waals surface area contributed by atoms with Crippen LogP contribution >= 0.6 is 0 Å². The predicted molar refractivity (Wildman–Crippen MR) is 155 cm³/mol. The summed E-state index contributed by atoms with van der Waals surface area (Å²) < 4.78 is 0. The second-order valence-electron chi connectivity index (χ2n) is 14.4. The molecule has 4 rings (SSSR count). The van der Waals surface area contributed by atoms with Crippen molar-refractivity contribution in [1.29, 1.82) is 0 Å². The van der Waals surface area contributed by atoms with E-state index < -0.39 is 19.1 Å². The Kier molecular flexibility index (Phi) is 10.1. The van der Waals surface area contributed by atoms with Crippen LogP contribution in [-0.2, 0) is 9.59 Å². The third-order valence-electron chi connectivity index (χ3n) is 12.6. The standard InChI is InChI=1S/C31H55BN2O5/c1-20(8-13-28(35)34-18-6-5-7-27(33-4)29(36)37)24-11-12-25-23-10-9-21-19-22(32(38)39)14-16-30(21,2)26(23)15-17-31(24,25)3/h20-27,33,38-39H,5-19H2,1-4H3,(H,34,35)(H,36,37)/t20?,21-,22-,23?,24?,25?,26?,27?,30+,31-/m0/s1. The molecule has 4 fully saturated rings. The number of carboxylic acids is 1. The summed E-state index contributed by atoms with van der Waals surface area (Å²) in [5.41, 5.74) is 0.742. The van der Waals surface area contributed by atoms with Crippen molar-refractivity contribution in [3.63, 3.8) is 0 Å². The van der Waals surface area contributed by atoms with E-state index >= 15 is 0 Å². The number of hydrogen-bond donors (Lipinski definition) is 5. The predicted octanol–water partition coefficient (Wildman–Crippen LogP) is 4.86. The van der Waals surface area contributed by atoms with E-state index in [2.05, 4.69) is 31.4 Å². The van der Waals surface area contributed by atoms with Gasteiger partial charge in [-0.25, -0.2) is 0 Å². The van der Waals surface area contributed by atoms with Crippen molar-refractivity contribution in [2.75, 3.05) is 13.6 Å². The van der Waals surface area contributed by atoms with Crippen LogP contribution in [0.4, 0.5) is 0 Å². The van der Waals surface area contributed by atoms with Crippen molar-refractivity contribution in [2.24, 2.45) is 46.3 Å². The van der Waals surface area contributed by atoms with Gasteiger partial charge in [-0.1, -0.05) is 27.2 Å². The molecule has 5 N–H and O–H groups in total. The van der Waals surface area contributed by atoms with Gasteiger partial charge in [0.25, 0.3) is 0 Å². The Morgan fingerprint density at radius 2 is 1.67 bits per heavy atom. The Morgan fingerprint density at radius 1 is 0.949 bits per heavy atom. The van der Waals surface area contributed by atoms with Crippen LogP contribution in [0.1, 0.15) is 111 Å². The number of fused-ring (bicyclic) bond motifs is 5. The molecule has 0 heterocycles. The molecular weight excluding hydrogens is 491 g/mol. The van der Waals surface area contributed by atoms with Crippen LogP contribution in [0.5, 0.6) is 0 Å². The van der Waals surface area contributed by atoms with Crippen molar-refractivity contribution in [1.82, 2.24) is 10.6 Å². The minimum Gasteiger partial charge on any atom is -0.480 e. The topological polar surface area (TPSA) is 119 Å². The molecule has 222 valence electrons. The molecule has 0 radical (unpaired) electrons. The van der Waals surface area contributed by atoms with Gasteiger partial charge in [-0.2, -0.15) is 0 Å². The summed E-state index contributed by atoms with van der Waals surface area (Å²) in [6, 6.07) is -0.513. The van der Waals surface area contributed by atoms with Crippen molar-refractivity contribution < 1.29 is 24.7 Å². The van der Waals surface area contributed by atoms with E-state index in [0.717, 1.165) is 56.3 Å². The second kappa shape index (κ2) is 12.8. The Bertz CT molecular complexity index is 857. The summed E-state index contributed by atoms with van der Waals surface area (Å²) in [6.45, 7) is 8.11.